The molecule has 0 heterocycles. The van der Waals surface area contributed by atoms with E-state index in [9.17, 15) is 22.0 Å². The van der Waals surface area contributed by atoms with Crippen molar-refractivity contribution < 1.29 is 26.7 Å². The van der Waals surface area contributed by atoms with Gasteiger partial charge in [-0.2, -0.15) is 22.0 Å². The Balaban J connectivity index is 2.37. The number of halogens is 6. The molecule has 0 radical (unpaired) electrons. The van der Waals surface area contributed by atoms with E-state index in [0.29, 0.717) is 11.1 Å². The molecule has 2 aromatic carbocycles. The quantitative estimate of drug-likeness (QED) is 0.666. The molecule has 112 valence electrons. The predicted molar refractivity (Wildman–Crippen MR) is 68.5 cm³/mol. The van der Waals surface area contributed by atoms with E-state index in [2.05, 4.69) is 4.74 Å². The minimum absolute atomic E-state index is 0.121. The molecule has 0 aliphatic rings. The second-order valence-electron chi connectivity index (χ2n) is 4.10. The Labute approximate surface area is 121 Å². The zero-order valence-electron chi connectivity index (χ0n) is 10.3. The average Bonchev–Trinajstić information content (AvgIpc) is 2.39. The molecule has 0 aliphatic carbocycles. The van der Waals surface area contributed by atoms with Crippen molar-refractivity contribution in [3.8, 4) is 16.9 Å². The second kappa shape index (κ2) is 5.89. The van der Waals surface area contributed by atoms with E-state index >= 15 is 0 Å². The fourth-order valence-corrected chi connectivity index (χ4v) is 1.97. The minimum atomic E-state index is -4.44. The molecular weight excluding hydrogens is 315 g/mol. The van der Waals surface area contributed by atoms with Crippen LogP contribution in [0.15, 0.2) is 42.5 Å². The summed E-state index contributed by atoms with van der Waals surface area (Å²) in [5.41, 5.74) is -0.126. The van der Waals surface area contributed by atoms with Gasteiger partial charge in [-0.05, 0) is 35.9 Å². The van der Waals surface area contributed by atoms with Crippen LogP contribution in [0.25, 0.3) is 11.1 Å². The summed E-state index contributed by atoms with van der Waals surface area (Å²) in [7, 11) is 0. The topological polar surface area (TPSA) is 9.23 Å². The lowest BCUT2D eigenvalue weighted by Crippen LogP contribution is -2.04. The van der Waals surface area contributed by atoms with Gasteiger partial charge in [0, 0.05) is 10.6 Å². The number of rotatable bonds is 3. The molecule has 0 unspecified atom stereocenters. The minimum Gasteiger partial charge on any atom is -0.435 e. The third kappa shape index (κ3) is 3.85. The molecule has 0 saturated heterocycles. The Bertz CT molecular complexity index is 622. The summed E-state index contributed by atoms with van der Waals surface area (Å²) in [6.45, 7) is -2.99. The number of alkyl halides is 5. The summed E-state index contributed by atoms with van der Waals surface area (Å²) < 4.78 is 66.0. The molecule has 7 heteroatoms. The summed E-state index contributed by atoms with van der Waals surface area (Å²) in [5.74, 6) is -0.121. The smallest absolute Gasteiger partial charge is 0.416 e. The van der Waals surface area contributed by atoms with Gasteiger partial charge in [-0.15, -0.1) is 0 Å². The van der Waals surface area contributed by atoms with Crippen molar-refractivity contribution >= 4 is 11.6 Å². The van der Waals surface area contributed by atoms with Gasteiger partial charge in [0.2, 0.25) is 0 Å². The van der Waals surface area contributed by atoms with Gasteiger partial charge in [0.15, 0.2) is 0 Å². The largest absolute Gasteiger partial charge is 0.435 e. The lowest BCUT2D eigenvalue weighted by molar-refractivity contribution is -0.137. The van der Waals surface area contributed by atoms with E-state index in [-0.39, 0.29) is 10.8 Å². The van der Waals surface area contributed by atoms with Crippen LogP contribution in [-0.2, 0) is 6.18 Å². The maximum Gasteiger partial charge on any atom is 0.416 e. The highest BCUT2D eigenvalue weighted by Crippen LogP contribution is 2.35. The molecule has 0 saturated carbocycles. The lowest BCUT2D eigenvalue weighted by Gasteiger charge is -2.11. The Hall–Kier alpha value is -1.82. The Kier molecular flexibility index (Phi) is 4.37. The summed E-state index contributed by atoms with van der Waals surface area (Å²) >= 11 is 5.93. The molecule has 0 aliphatic heterocycles. The van der Waals surface area contributed by atoms with Crippen LogP contribution in [0.1, 0.15) is 5.56 Å². The summed E-state index contributed by atoms with van der Waals surface area (Å²) in [6, 6.07) is 8.07. The van der Waals surface area contributed by atoms with Gasteiger partial charge >= 0.3 is 12.8 Å². The predicted octanol–water partition coefficient (Wildman–Crippen LogP) is 5.63. The van der Waals surface area contributed by atoms with Crippen LogP contribution in [0.5, 0.6) is 5.75 Å². The van der Waals surface area contributed by atoms with Crippen molar-refractivity contribution in [3.05, 3.63) is 53.1 Å². The Morgan fingerprint density at radius 2 is 1.57 bits per heavy atom. The first-order valence-electron chi connectivity index (χ1n) is 5.69. The summed E-state index contributed by atoms with van der Waals surface area (Å²) in [5, 5.41) is 0.219. The Morgan fingerprint density at radius 1 is 0.952 bits per heavy atom. The number of hydrogen-bond acceptors (Lipinski definition) is 1. The number of benzene rings is 2. The molecule has 0 atom stereocenters. The molecule has 0 N–H and O–H groups in total. The van der Waals surface area contributed by atoms with Crippen LogP contribution in [0.4, 0.5) is 22.0 Å². The molecule has 2 rings (SSSR count). The molecule has 2 aromatic rings. The van der Waals surface area contributed by atoms with Crippen LogP contribution in [0.2, 0.25) is 5.02 Å². The molecule has 0 fully saturated rings. The first-order valence-corrected chi connectivity index (χ1v) is 6.07. The zero-order valence-corrected chi connectivity index (χ0v) is 11.1. The van der Waals surface area contributed by atoms with Crippen LogP contribution < -0.4 is 4.74 Å². The first-order chi connectivity index (χ1) is 9.77. The van der Waals surface area contributed by atoms with Crippen LogP contribution in [0, 0.1) is 0 Å². The van der Waals surface area contributed by atoms with Crippen molar-refractivity contribution in [1.82, 2.24) is 0 Å². The fraction of sp³-hybridized carbons (Fsp3) is 0.143. The third-order valence-electron chi connectivity index (χ3n) is 2.69. The first kappa shape index (κ1) is 15.6. The zero-order chi connectivity index (χ0) is 15.6. The van der Waals surface area contributed by atoms with Gasteiger partial charge in [0.1, 0.15) is 5.75 Å². The monoisotopic (exact) mass is 322 g/mol. The van der Waals surface area contributed by atoms with Gasteiger partial charge in [0.05, 0.1) is 5.56 Å². The van der Waals surface area contributed by atoms with Gasteiger partial charge < -0.3 is 4.74 Å². The molecule has 0 amide bonds. The van der Waals surface area contributed by atoms with Crippen molar-refractivity contribution in [3.63, 3.8) is 0 Å². The highest BCUT2D eigenvalue weighted by Gasteiger charge is 2.30. The average molecular weight is 323 g/mol. The number of ether oxygens (including phenoxy) is 1. The summed E-state index contributed by atoms with van der Waals surface area (Å²) in [6.07, 6.45) is -4.44. The van der Waals surface area contributed by atoms with Gasteiger partial charge in [-0.25, -0.2) is 0 Å². The molecule has 0 spiro atoms. The fourth-order valence-electron chi connectivity index (χ4n) is 1.74. The van der Waals surface area contributed by atoms with Crippen LogP contribution >= 0.6 is 11.6 Å². The van der Waals surface area contributed by atoms with E-state index in [1.54, 1.807) is 0 Å². The van der Waals surface area contributed by atoms with Crippen molar-refractivity contribution in [1.29, 1.82) is 0 Å². The second-order valence-corrected chi connectivity index (χ2v) is 4.50. The van der Waals surface area contributed by atoms with E-state index in [1.807, 2.05) is 0 Å². The lowest BCUT2D eigenvalue weighted by atomic mass is 10.0. The molecule has 1 nitrogen and oxygen atoms in total. The van der Waals surface area contributed by atoms with E-state index in [0.717, 1.165) is 12.1 Å². The SMILES string of the molecule is FC(F)Oc1ccc(Cl)c(-c2ccc(C(F)(F)F)cc2)c1. The maximum atomic E-state index is 12.5. The van der Waals surface area contributed by atoms with E-state index < -0.39 is 18.4 Å². The maximum absolute atomic E-state index is 12.5. The third-order valence-corrected chi connectivity index (χ3v) is 3.02. The molecule has 0 bridgehead atoms. The van der Waals surface area contributed by atoms with Crippen molar-refractivity contribution in [2.24, 2.45) is 0 Å². The summed E-state index contributed by atoms with van der Waals surface area (Å²) in [4.78, 5) is 0. The van der Waals surface area contributed by atoms with E-state index in [4.69, 9.17) is 11.6 Å². The Morgan fingerprint density at radius 3 is 2.10 bits per heavy atom. The van der Waals surface area contributed by atoms with Crippen LogP contribution in [-0.4, -0.2) is 6.61 Å². The highest BCUT2D eigenvalue weighted by molar-refractivity contribution is 6.33. The number of hydrogen-bond donors (Lipinski definition) is 0. The van der Waals surface area contributed by atoms with Gasteiger partial charge in [-0.3, -0.25) is 0 Å². The van der Waals surface area contributed by atoms with Crippen LogP contribution in [0.3, 0.4) is 0 Å². The highest BCUT2D eigenvalue weighted by atomic mass is 35.5. The molecule has 0 aromatic heterocycles. The van der Waals surface area contributed by atoms with E-state index in [1.165, 1.54) is 30.3 Å². The molecule has 21 heavy (non-hydrogen) atoms. The van der Waals surface area contributed by atoms with Gasteiger partial charge in [-0.1, -0.05) is 23.7 Å². The van der Waals surface area contributed by atoms with Crippen molar-refractivity contribution in [2.75, 3.05) is 0 Å². The standard InChI is InChI=1S/C14H8ClF5O/c15-12-6-5-10(21-13(16)17)7-11(12)8-1-3-9(4-2-8)14(18,19)20/h1-7,13H. The van der Waals surface area contributed by atoms with Crippen molar-refractivity contribution in [2.45, 2.75) is 12.8 Å². The van der Waals surface area contributed by atoms with Gasteiger partial charge in [0.25, 0.3) is 0 Å². The normalized spacial score (nSPS) is 11.8. The molecular formula is C14H8ClF5O.